The molecule has 0 bridgehead atoms. The molecule has 0 amide bonds. The van der Waals surface area contributed by atoms with Crippen LogP contribution in [0, 0.1) is 0 Å². The second-order valence-corrected chi connectivity index (χ2v) is 8.47. The van der Waals surface area contributed by atoms with Gasteiger partial charge >= 0.3 is 0 Å². The molecule has 10 heteroatoms. The number of benzene rings is 1. The van der Waals surface area contributed by atoms with Gasteiger partial charge in [0.2, 0.25) is 10.0 Å². The second kappa shape index (κ2) is 13.1. The Bertz CT molecular complexity index is 827. The summed E-state index contributed by atoms with van der Waals surface area (Å²) in [5.74, 6) is 0.692. The second-order valence-electron chi connectivity index (χ2n) is 5.67. The van der Waals surface area contributed by atoms with Crippen molar-refractivity contribution in [1.82, 2.24) is 15.4 Å². The number of halogens is 1. The van der Waals surface area contributed by atoms with E-state index in [1.54, 1.807) is 29.5 Å². The highest BCUT2D eigenvalue weighted by atomic mass is 127. The lowest BCUT2D eigenvalue weighted by atomic mass is 10.2. The van der Waals surface area contributed by atoms with Gasteiger partial charge in [-0.05, 0) is 36.1 Å². The van der Waals surface area contributed by atoms with Gasteiger partial charge in [0, 0.05) is 25.1 Å². The molecule has 3 N–H and O–H groups in total. The molecule has 156 valence electrons. The van der Waals surface area contributed by atoms with Crippen LogP contribution >= 0.6 is 35.3 Å². The van der Waals surface area contributed by atoms with Gasteiger partial charge < -0.3 is 15.4 Å². The number of rotatable bonds is 10. The van der Waals surface area contributed by atoms with Crippen molar-refractivity contribution in [2.45, 2.75) is 24.9 Å². The number of guanidine groups is 1. The van der Waals surface area contributed by atoms with Crippen molar-refractivity contribution in [3.8, 4) is 0 Å². The van der Waals surface area contributed by atoms with Gasteiger partial charge in [0.1, 0.15) is 0 Å². The first-order valence-corrected chi connectivity index (χ1v) is 11.0. The number of sulfonamides is 1. The summed E-state index contributed by atoms with van der Waals surface area (Å²) in [6.07, 6.45) is 0. The summed E-state index contributed by atoms with van der Waals surface area (Å²) in [5.41, 5.74) is 0.818. The van der Waals surface area contributed by atoms with Crippen molar-refractivity contribution in [3.05, 3.63) is 52.2 Å². The van der Waals surface area contributed by atoms with Gasteiger partial charge in [-0.25, -0.2) is 18.1 Å². The Hall–Kier alpha value is -1.21. The number of ether oxygens (including phenoxy) is 1. The quantitative estimate of drug-likeness (QED) is 0.187. The number of methoxy groups -OCH3 is 1. The van der Waals surface area contributed by atoms with E-state index in [0.29, 0.717) is 25.7 Å². The fourth-order valence-electron chi connectivity index (χ4n) is 2.27. The first kappa shape index (κ1) is 24.8. The van der Waals surface area contributed by atoms with Crippen molar-refractivity contribution >= 4 is 51.3 Å². The molecule has 28 heavy (non-hydrogen) atoms. The third-order valence-electron chi connectivity index (χ3n) is 3.58. The zero-order valence-electron chi connectivity index (χ0n) is 16.0. The van der Waals surface area contributed by atoms with Crippen LogP contribution in [0.1, 0.15) is 17.4 Å². The van der Waals surface area contributed by atoms with Crippen LogP contribution in [0.4, 0.5) is 0 Å². The van der Waals surface area contributed by atoms with Gasteiger partial charge in [-0.15, -0.1) is 35.3 Å². The number of thiophene rings is 1. The molecule has 0 saturated heterocycles. The third kappa shape index (κ3) is 8.43. The minimum Gasteiger partial charge on any atom is -0.383 e. The molecule has 0 aliphatic rings. The maximum absolute atomic E-state index is 12.3. The summed E-state index contributed by atoms with van der Waals surface area (Å²) in [6, 6.07) is 10.9. The molecule has 7 nitrogen and oxygen atoms in total. The van der Waals surface area contributed by atoms with Crippen molar-refractivity contribution < 1.29 is 13.2 Å². The molecule has 0 aliphatic heterocycles. The summed E-state index contributed by atoms with van der Waals surface area (Å²) < 4.78 is 32.0. The van der Waals surface area contributed by atoms with Crippen molar-refractivity contribution in [2.24, 2.45) is 4.99 Å². The molecule has 2 rings (SSSR count). The number of aliphatic imine (C=N–C) groups is 1. The van der Waals surface area contributed by atoms with E-state index in [1.807, 2.05) is 24.4 Å². The molecule has 0 aliphatic carbocycles. The Labute approximate surface area is 188 Å². The van der Waals surface area contributed by atoms with Gasteiger partial charge in [-0.3, -0.25) is 0 Å². The van der Waals surface area contributed by atoms with Crippen LogP contribution in [0.3, 0.4) is 0 Å². The van der Waals surface area contributed by atoms with E-state index < -0.39 is 10.0 Å². The molecule has 1 aromatic carbocycles. The van der Waals surface area contributed by atoms with E-state index in [1.165, 1.54) is 12.0 Å². The minimum absolute atomic E-state index is 0. The monoisotopic (exact) mass is 538 g/mol. The van der Waals surface area contributed by atoms with E-state index in [4.69, 9.17) is 4.74 Å². The zero-order chi connectivity index (χ0) is 19.5. The maximum Gasteiger partial charge on any atom is 0.240 e. The molecule has 1 heterocycles. The highest BCUT2D eigenvalue weighted by Gasteiger charge is 2.13. The van der Waals surface area contributed by atoms with Gasteiger partial charge in [-0.1, -0.05) is 18.2 Å². The molecule has 0 atom stereocenters. The summed E-state index contributed by atoms with van der Waals surface area (Å²) >= 11 is 1.68. The Balaban J connectivity index is 0.00000392. The lowest BCUT2D eigenvalue weighted by molar-refractivity contribution is 0.204. The average molecular weight is 538 g/mol. The van der Waals surface area contributed by atoms with E-state index in [0.717, 1.165) is 12.1 Å². The Morgan fingerprint density at radius 2 is 2.04 bits per heavy atom. The molecule has 1 aromatic heterocycles. The molecular formula is C18H27IN4O3S2. The van der Waals surface area contributed by atoms with Crippen LogP contribution in [0.15, 0.2) is 51.7 Å². The van der Waals surface area contributed by atoms with Crippen LogP contribution < -0.4 is 15.4 Å². The Kier molecular flexibility index (Phi) is 11.6. The van der Waals surface area contributed by atoms with E-state index >= 15 is 0 Å². The standard InChI is InChI=1S/C18H26N4O3S2.HI/c1-3-19-18(21-14-16-7-5-11-26-16)20-13-15-6-4-8-17(12-15)27(23,24)22-9-10-25-2;/h4-8,11-12,22H,3,9-10,13-14H2,1-2H3,(H2,19,20,21);1H. The highest BCUT2D eigenvalue weighted by molar-refractivity contribution is 14.0. The molecule has 0 fully saturated rings. The first-order chi connectivity index (χ1) is 13.0. The van der Waals surface area contributed by atoms with Crippen LogP contribution in [0.25, 0.3) is 0 Å². The molecular weight excluding hydrogens is 511 g/mol. The van der Waals surface area contributed by atoms with Gasteiger partial charge in [0.05, 0.1) is 24.6 Å². The number of nitrogens with zero attached hydrogens (tertiary/aromatic N) is 1. The lowest BCUT2D eigenvalue weighted by Gasteiger charge is -2.11. The van der Waals surface area contributed by atoms with Gasteiger partial charge in [-0.2, -0.15) is 0 Å². The van der Waals surface area contributed by atoms with Gasteiger partial charge in [0.15, 0.2) is 5.96 Å². The summed E-state index contributed by atoms with van der Waals surface area (Å²) in [6.45, 7) is 4.38. The predicted octanol–water partition coefficient (Wildman–Crippen LogP) is 2.55. The van der Waals surface area contributed by atoms with Crippen LogP contribution in [0.2, 0.25) is 0 Å². The fraction of sp³-hybridized carbons (Fsp3) is 0.389. The largest absolute Gasteiger partial charge is 0.383 e. The molecule has 0 saturated carbocycles. The highest BCUT2D eigenvalue weighted by Crippen LogP contribution is 2.12. The van der Waals surface area contributed by atoms with Crippen LogP contribution in [-0.4, -0.2) is 41.2 Å². The predicted molar refractivity (Wildman–Crippen MR) is 125 cm³/mol. The summed E-state index contributed by atoms with van der Waals surface area (Å²) in [5, 5.41) is 8.51. The van der Waals surface area contributed by atoms with Gasteiger partial charge in [0.25, 0.3) is 0 Å². The number of nitrogens with one attached hydrogen (secondary N) is 3. The molecule has 0 radical (unpaired) electrons. The maximum atomic E-state index is 12.3. The molecule has 0 spiro atoms. The fourth-order valence-corrected chi connectivity index (χ4v) is 4.00. The van der Waals surface area contributed by atoms with E-state index in [9.17, 15) is 8.42 Å². The molecule has 2 aromatic rings. The first-order valence-electron chi connectivity index (χ1n) is 8.67. The Morgan fingerprint density at radius 3 is 2.71 bits per heavy atom. The average Bonchev–Trinajstić information content (AvgIpc) is 3.18. The third-order valence-corrected chi connectivity index (χ3v) is 5.92. The van der Waals surface area contributed by atoms with E-state index in [2.05, 4.69) is 26.4 Å². The normalized spacial score (nSPS) is 11.7. The van der Waals surface area contributed by atoms with Crippen molar-refractivity contribution in [3.63, 3.8) is 0 Å². The summed E-state index contributed by atoms with van der Waals surface area (Å²) in [4.78, 5) is 5.99. The number of hydrogen-bond acceptors (Lipinski definition) is 5. The zero-order valence-corrected chi connectivity index (χ0v) is 19.9. The number of hydrogen-bond donors (Lipinski definition) is 3. The molecule has 0 unspecified atom stereocenters. The topological polar surface area (TPSA) is 91.8 Å². The van der Waals surface area contributed by atoms with Crippen molar-refractivity contribution in [2.75, 3.05) is 26.8 Å². The van der Waals surface area contributed by atoms with Crippen LogP contribution in [-0.2, 0) is 27.8 Å². The van der Waals surface area contributed by atoms with Crippen LogP contribution in [0.5, 0.6) is 0 Å². The van der Waals surface area contributed by atoms with Crippen molar-refractivity contribution in [1.29, 1.82) is 0 Å². The smallest absolute Gasteiger partial charge is 0.240 e. The SMILES string of the molecule is CCNC(=NCc1cccc(S(=O)(=O)NCCOC)c1)NCc1cccs1.I. The lowest BCUT2D eigenvalue weighted by Crippen LogP contribution is -2.36. The van der Waals surface area contributed by atoms with E-state index in [-0.39, 0.29) is 35.4 Å². The minimum atomic E-state index is -3.55. The summed E-state index contributed by atoms with van der Waals surface area (Å²) in [7, 11) is -2.02. The Morgan fingerprint density at radius 1 is 1.21 bits per heavy atom.